The topological polar surface area (TPSA) is 40.0 Å². The van der Waals surface area contributed by atoms with Crippen LogP contribution < -0.4 is 0 Å². The summed E-state index contributed by atoms with van der Waals surface area (Å²) in [6, 6.07) is 10.1. The molecule has 86 valence electrons. The summed E-state index contributed by atoms with van der Waals surface area (Å²) in [5.74, 6) is 0.569. The monoisotopic (exact) mass is 225 g/mol. The zero-order valence-corrected chi connectivity index (χ0v) is 9.69. The first kappa shape index (κ1) is 10.3. The Hall–Kier alpha value is -1.90. The van der Waals surface area contributed by atoms with E-state index in [0.29, 0.717) is 5.84 Å². The molecule has 0 radical (unpaired) electrons. The van der Waals surface area contributed by atoms with Gasteiger partial charge in [-0.25, -0.2) is 0 Å². The highest BCUT2D eigenvalue weighted by atomic mass is 15.2. The molecule has 0 unspecified atom stereocenters. The molecule has 1 N–H and O–H groups in total. The fourth-order valence-corrected chi connectivity index (χ4v) is 2.40. The highest BCUT2D eigenvalue weighted by Gasteiger charge is 2.18. The smallest absolute Gasteiger partial charge is 0.147 e. The van der Waals surface area contributed by atoms with Crippen molar-refractivity contribution >= 4 is 16.6 Å². The number of likely N-dealkylation sites (tertiary alicyclic amines) is 1. The molecule has 0 bridgehead atoms. The molecular formula is C14H15N3. The van der Waals surface area contributed by atoms with Gasteiger partial charge in [0.25, 0.3) is 0 Å². The van der Waals surface area contributed by atoms with Crippen molar-refractivity contribution in [2.24, 2.45) is 0 Å². The summed E-state index contributed by atoms with van der Waals surface area (Å²) in [5.41, 5.74) is 0.810. The first-order chi connectivity index (χ1) is 8.36. The van der Waals surface area contributed by atoms with Crippen molar-refractivity contribution in [3.63, 3.8) is 0 Å². The Labute approximate surface area is 101 Å². The summed E-state index contributed by atoms with van der Waals surface area (Å²) in [6.45, 7) is 1.98. The molecule has 3 nitrogen and oxygen atoms in total. The minimum absolute atomic E-state index is 0.569. The number of pyridine rings is 1. The highest BCUT2D eigenvalue weighted by molar-refractivity contribution is 6.06. The van der Waals surface area contributed by atoms with Crippen LogP contribution in [-0.2, 0) is 0 Å². The van der Waals surface area contributed by atoms with Gasteiger partial charge in [-0.1, -0.05) is 24.3 Å². The number of aromatic nitrogens is 1. The van der Waals surface area contributed by atoms with Gasteiger partial charge in [-0.3, -0.25) is 10.4 Å². The average molecular weight is 225 g/mol. The largest absolute Gasteiger partial charge is 0.355 e. The second kappa shape index (κ2) is 4.17. The van der Waals surface area contributed by atoms with Crippen LogP contribution in [0.5, 0.6) is 0 Å². The second-order valence-corrected chi connectivity index (χ2v) is 4.42. The molecule has 1 aliphatic rings. The van der Waals surface area contributed by atoms with E-state index in [1.807, 2.05) is 24.3 Å². The van der Waals surface area contributed by atoms with Crippen molar-refractivity contribution in [3.05, 3.63) is 42.2 Å². The third-order valence-corrected chi connectivity index (χ3v) is 3.32. The van der Waals surface area contributed by atoms with E-state index in [0.717, 1.165) is 29.6 Å². The highest BCUT2D eigenvalue weighted by Crippen LogP contribution is 2.19. The van der Waals surface area contributed by atoms with Crippen molar-refractivity contribution in [3.8, 4) is 0 Å². The number of nitrogens with zero attached hydrogens (tertiary/aromatic N) is 2. The van der Waals surface area contributed by atoms with Crippen LogP contribution in [0, 0.1) is 5.41 Å². The van der Waals surface area contributed by atoms with E-state index in [1.165, 1.54) is 12.8 Å². The van der Waals surface area contributed by atoms with Crippen molar-refractivity contribution < 1.29 is 0 Å². The number of amidine groups is 1. The Morgan fingerprint density at radius 3 is 2.71 bits per heavy atom. The van der Waals surface area contributed by atoms with E-state index in [-0.39, 0.29) is 0 Å². The summed E-state index contributed by atoms with van der Waals surface area (Å²) in [4.78, 5) is 6.50. The third-order valence-electron chi connectivity index (χ3n) is 3.32. The summed E-state index contributed by atoms with van der Waals surface area (Å²) < 4.78 is 0. The fraction of sp³-hybridized carbons (Fsp3) is 0.286. The molecule has 1 aromatic heterocycles. The van der Waals surface area contributed by atoms with Gasteiger partial charge < -0.3 is 4.90 Å². The lowest BCUT2D eigenvalue weighted by Crippen LogP contribution is -2.28. The lowest BCUT2D eigenvalue weighted by atomic mass is 10.1. The average Bonchev–Trinajstić information content (AvgIpc) is 2.91. The van der Waals surface area contributed by atoms with Crippen LogP contribution in [0.2, 0.25) is 0 Å². The molecule has 0 aliphatic carbocycles. The second-order valence-electron chi connectivity index (χ2n) is 4.42. The van der Waals surface area contributed by atoms with E-state index in [9.17, 15) is 0 Å². The third kappa shape index (κ3) is 1.78. The quantitative estimate of drug-likeness (QED) is 0.598. The predicted molar refractivity (Wildman–Crippen MR) is 69.4 cm³/mol. The molecule has 1 fully saturated rings. The fourth-order valence-electron chi connectivity index (χ4n) is 2.40. The normalized spacial score (nSPS) is 15.4. The Morgan fingerprint density at radius 1 is 1.12 bits per heavy atom. The minimum Gasteiger partial charge on any atom is -0.355 e. The minimum atomic E-state index is 0.569. The maximum Gasteiger partial charge on any atom is 0.147 e. The zero-order chi connectivity index (χ0) is 11.7. The molecule has 0 spiro atoms. The van der Waals surface area contributed by atoms with Gasteiger partial charge in [-0.15, -0.1) is 0 Å². The van der Waals surface area contributed by atoms with Crippen molar-refractivity contribution in [2.45, 2.75) is 12.8 Å². The zero-order valence-electron chi connectivity index (χ0n) is 9.69. The molecule has 3 rings (SSSR count). The number of benzene rings is 1. The molecule has 17 heavy (non-hydrogen) atoms. The van der Waals surface area contributed by atoms with Gasteiger partial charge in [-0.2, -0.15) is 0 Å². The van der Waals surface area contributed by atoms with E-state index < -0.39 is 0 Å². The van der Waals surface area contributed by atoms with Crippen LogP contribution in [0.1, 0.15) is 18.5 Å². The van der Waals surface area contributed by atoms with E-state index >= 15 is 0 Å². The molecule has 1 aromatic carbocycles. The Kier molecular flexibility index (Phi) is 2.52. The number of fused-ring (bicyclic) bond motifs is 1. The lowest BCUT2D eigenvalue weighted by molar-refractivity contribution is 0.516. The van der Waals surface area contributed by atoms with Crippen LogP contribution in [0.15, 0.2) is 36.5 Å². The van der Waals surface area contributed by atoms with Crippen LogP contribution in [-0.4, -0.2) is 28.8 Å². The number of rotatable bonds is 1. The van der Waals surface area contributed by atoms with Gasteiger partial charge in [0.05, 0.1) is 0 Å². The molecule has 0 saturated carbocycles. The van der Waals surface area contributed by atoms with Gasteiger partial charge in [0.1, 0.15) is 11.5 Å². The maximum atomic E-state index is 8.27. The van der Waals surface area contributed by atoms with Crippen molar-refractivity contribution in [2.75, 3.05) is 13.1 Å². The van der Waals surface area contributed by atoms with Crippen LogP contribution >= 0.6 is 0 Å². The SMILES string of the molecule is N=C(c1nccc2ccccc12)N1CCCC1. The maximum absolute atomic E-state index is 8.27. The number of hydrogen-bond donors (Lipinski definition) is 1. The van der Waals surface area contributed by atoms with Crippen LogP contribution in [0.3, 0.4) is 0 Å². The Bertz CT molecular complexity index is 551. The van der Waals surface area contributed by atoms with E-state index in [1.54, 1.807) is 6.20 Å². The van der Waals surface area contributed by atoms with Crippen LogP contribution in [0.25, 0.3) is 10.8 Å². The van der Waals surface area contributed by atoms with Crippen LogP contribution in [0.4, 0.5) is 0 Å². The lowest BCUT2D eigenvalue weighted by Gasteiger charge is -2.18. The van der Waals surface area contributed by atoms with Crippen molar-refractivity contribution in [1.29, 1.82) is 5.41 Å². The van der Waals surface area contributed by atoms with Gasteiger partial charge in [0, 0.05) is 24.7 Å². The Balaban J connectivity index is 2.07. The van der Waals surface area contributed by atoms with Crippen molar-refractivity contribution in [1.82, 2.24) is 9.88 Å². The van der Waals surface area contributed by atoms with E-state index in [4.69, 9.17) is 5.41 Å². The summed E-state index contributed by atoms with van der Waals surface area (Å²) in [7, 11) is 0. The standard InChI is InChI=1S/C14H15N3/c15-14(17-9-3-4-10-17)13-12-6-2-1-5-11(12)7-8-16-13/h1-2,5-8,15H,3-4,9-10H2. The molecular weight excluding hydrogens is 210 g/mol. The molecule has 2 heterocycles. The molecule has 3 heteroatoms. The molecule has 1 saturated heterocycles. The molecule has 2 aromatic rings. The van der Waals surface area contributed by atoms with Gasteiger partial charge in [0.15, 0.2) is 0 Å². The molecule has 1 aliphatic heterocycles. The first-order valence-electron chi connectivity index (χ1n) is 6.04. The van der Waals surface area contributed by atoms with E-state index in [2.05, 4.69) is 16.0 Å². The number of hydrogen-bond acceptors (Lipinski definition) is 2. The first-order valence-corrected chi connectivity index (χ1v) is 6.04. The number of nitrogens with one attached hydrogen (secondary N) is 1. The van der Waals surface area contributed by atoms with Gasteiger partial charge in [0.2, 0.25) is 0 Å². The Morgan fingerprint density at radius 2 is 1.88 bits per heavy atom. The summed E-state index contributed by atoms with van der Waals surface area (Å²) >= 11 is 0. The summed E-state index contributed by atoms with van der Waals surface area (Å²) in [5, 5.41) is 10.5. The predicted octanol–water partition coefficient (Wildman–Crippen LogP) is 2.66. The molecule has 0 atom stereocenters. The summed E-state index contributed by atoms with van der Waals surface area (Å²) in [6.07, 6.45) is 4.17. The van der Waals surface area contributed by atoms with Gasteiger partial charge >= 0.3 is 0 Å². The molecule has 0 amide bonds. The van der Waals surface area contributed by atoms with Gasteiger partial charge in [-0.05, 0) is 24.3 Å².